The van der Waals surface area contributed by atoms with Crippen molar-refractivity contribution in [3.63, 3.8) is 0 Å². The van der Waals surface area contributed by atoms with Gasteiger partial charge in [-0.15, -0.1) is 11.3 Å². The van der Waals surface area contributed by atoms with Crippen LogP contribution in [0.15, 0.2) is 57.6 Å². The van der Waals surface area contributed by atoms with E-state index in [0.717, 1.165) is 4.88 Å². The molecule has 0 unspecified atom stereocenters. The van der Waals surface area contributed by atoms with Crippen molar-refractivity contribution in [2.45, 2.75) is 4.90 Å². The zero-order chi connectivity index (χ0) is 13.0. The number of hydrogen-bond donors (Lipinski definition) is 0. The van der Waals surface area contributed by atoms with Crippen LogP contribution in [0.5, 0.6) is 0 Å². The van der Waals surface area contributed by atoms with Gasteiger partial charge in [0.05, 0.1) is 4.90 Å². The largest absolute Gasteiger partial charge is 0.218 e. The number of sulfone groups is 1. The molecule has 3 nitrogen and oxygen atoms in total. The van der Waals surface area contributed by atoms with Crippen LogP contribution in [0.4, 0.5) is 0 Å². The van der Waals surface area contributed by atoms with Crippen LogP contribution in [-0.2, 0) is 9.84 Å². The fourth-order valence-corrected chi connectivity index (χ4v) is 3.30. The number of thiophene rings is 1. The van der Waals surface area contributed by atoms with Gasteiger partial charge >= 0.3 is 0 Å². The van der Waals surface area contributed by atoms with Crippen LogP contribution >= 0.6 is 11.3 Å². The SMILES string of the molecule is N#CC(=Cc1cccs1)S(=O)(=O)c1ccccc1. The summed E-state index contributed by atoms with van der Waals surface area (Å²) in [6.45, 7) is 0. The predicted molar refractivity (Wildman–Crippen MR) is 71.5 cm³/mol. The summed E-state index contributed by atoms with van der Waals surface area (Å²) in [5.41, 5.74) is 0. The molecule has 0 saturated carbocycles. The summed E-state index contributed by atoms with van der Waals surface area (Å²) in [5, 5.41) is 10.9. The molecule has 2 aromatic rings. The Morgan fingerprint density at radius 3 is 2.44 bits per heavy atom. The molecule has 0 atom stereocenters. The van der Waals surface area contributed by atoms with Crippen molar-refractivity contribution in [3.05, 3.63) is 57.6 Å². The Labute approximate surface area is 110 Å². The van der Waals surface area contributed by atoms with Crippen LogP contribution in [0.1, 0.15) is 4.88 Å². The molecule has 0 aliphatic carbocycles. The first-order chi connectivity index (χ1) is 8.64. The fraction of sp³-hybridized carbons (Fsp3) is 0. The lowest BCUT2D eigenvalue weighted by molar-refractivity contribution is 0.603. The van der Waals surface area contributed by atoms with Crippen LogP contribution in [0.2, 0.25) is 0 Å². The van der Waals surface area contributed by atoms with Gasteiger partial charge in [-0.1, -0.05) is 24.3 Å². The Bertz CT molecular complexity index is 693. The summed E-state index contributed by atoms with van der Waals surface area (Å²) < 4.78 is 24.4. The van der Waals surface area contributed by atoms with E-state index in [9.17, 15) is 8.42 Å². The second kappa shape index (κ2) is 5.17. The van der Waals surface area contributed by atoms with Crippen molar-refractivity contribution in [3.8, 4) is 6.07 Å². The average molecular weight is 275 g/mol. The van der Waals surface area contributed by atoms with Gasteiger partial charge in [0.1, 0.15) is 6.07 Å². The minimum Gasteiger partial charge on any atom is -0.218 e. The zero-order valence-electron chi connectivity index (χ0n) is 9.28. The monoisotopic (exact) mass is 275 g/mol. The molecule has 0 spiro atoms. The Kier molecular flexibility index (Phi) is 3.60. The number of hydrogen-bond acceptors (Lipinski definition) is 4. The molecule has 2 rings (SSSR count). The Hall–Kier alpha value is -1.90. The van der Waals surface area contributed by atoms with E-state index in [2.05, 4.69) is 0 Å². The molecule has 0 bridgehead atoms. The van der Waals surface area contributed by atoms with Gasteiger partial charge < -0.3 is 0 Å². The number of nitrogens with zero attached hydrogens (tertiary/aromatic N) is 1. The van der Waals surface area contributed by atoms with Gasteiger partial charge in [0.25, 0.3) is 0 Å². The van der Waals surface area contributed by atoms with Crippen LogP contribution < -0.4 is 0 Å². The molecule has 18 heavy (non-hydrogen) atoms. The molecular formula is C13H9NO2S2. The van der Waals surface area contributed by atoms with E-state index in [1.165, 1.54) is 29.5 Å². The number of allylic oxidation sites excluding steroid dienone is 1. The first-order valence-corrected chi connectivity index (χ1v) is 7.46. The van der Waals surface area contributed by atoms with Gasteiger partial charge in [0.2, 0.25) is 9.84 Å². The summed E-state index contributed by atoms with van der Waals surface area (Å²) in [4.78, 5) is 0.636. The van der Waals surface area contributed by atoms with E-state index < -0.39 is 9.84 Å². The van der Waals surface area contributed by atoms with E-state index in [1.54, 1.807) is 36.4 Å². The molecule has 1 aromatic heterocycles. The lowest BCUT2D eigenvalue weighted by Crippen LogP contribution is -2.02. The molecule has 0 radical (unpaired) electrons. The molecule has 1 aromatic carbocycles. The maximum atomic E-state index is 12.2. The second-order valence-electron chi connectivity index (χ2n) is 3.45. The number of benzene rings is 1. The molecule has 0 fully saturated rings. The molecule has 0 N–H and O–H groups in total. The van der Waals surface area contributed by atoms with Crippen molar-refractivity contribution in [2.75, 3.05) is 0 Å². The van der Waals surface area contributed by atoms with Crippen molar-refractivity contribution >= 4 is 27.3 Å². The Morgan fingerprint density at radius 2 is 1.89 bits per heavy atom. The maximum absolute atomic E-state index is 12.2. The highest BCUT2D eigenvalue weighted by Gasteiger charge is 2.20. The van der Waals surface area contributed by atoms with Gasteiger partial charge in [0, 0.05) is 4.88 Å². The minimum atomic E-state index is -3.72. The molecule has 5 heteroatoms. The molecule has 0 saturated heterocycles. The fourth-order valence-electron chi connectivity index (χ4n) is 1.40. The number of rotatable bonds is 3. The van der Waals surface area contributed by atoms with Gasteiger partial charge in [-0.2, -0.15) is 5.26 Å². The third kappa shape index (κ3) is 2.50. The van der Waals surface area contributed by atoms with Crippen molar-refractivity contribution in [1.82, 2.24) is 0 Å². The highest BCUT2D eigenvalue weighted by atomic mass is 32.2. The Morgan fingerprint density at radius 1 is 1.17 bits per heavy atom. The van der Waals surface area contributed by atoms with Gasteiger partial charge in [0.15, 0.2) is 4.91 Å². The summed E-state index contributed by atoms with van der Waals surface area (Å²) in [6, 6.07) is 13.3. The predicted octanol–water partition coefficient (Wildman–Crippen LogP) is 3.09. The first-order valence-electron chi connectivity index (χ1n) is 5.10. The van der Waals surface area contributed by atoms with Crippen LogP contribution in [0, 0.1) is 11.3 Å². The van der Waals surface area contributed by atoms with Gasteiger partial charge in [-0.3, -0.25) is 0 Å². The summed E-state index contributed by atoms with van der Waals surface area (Å²) in [5.74, 6) is 0. The highest BCUT2D eigenvalue weighted by Crippen LogP contribution is 2.22. The standard InChI is InChI=1S/C13H9NO2S2/c14-10-13(9-11-5-4-8-17-11)18(15,16)12-6-2-1-3-7-12/h1-9H. The third-order valence-corrected chi connectivity index (χ3v) is 4.77. The summed E-state index contributed by atoms with van der Waals surface area (Å²) in [7, 11) is -3.72. The lowest BCUT2D eigenvalue weighted by atomic mass is 10.4. The van der Waals surface area contributed by atoms with E-state index in [-0.39, 0.29) is 9.80 Å². The lowest BCUT2D eigenvalue weighted by Gasteiger charge is -2.01. The van der Waals surface area contributed by atoms with E-state index in [4.69, 9.17) is 5.26 Å². The highest BCUT2D eigenvalue weighted by molar-refractivity contribution is 7.95. The normalized spacial score (nSPS) is 12.1. The van der Waals surface area contributed by atoms with E-state index in [1.807, 2.05) is 5.38 Å². The molecule has 0 amide bonds. The van der Waals surface area contributed by atoms with E-state index in [0.29, 0.717) is 0 Å². The smallest absolute Gasteiger partial charge is 0.216 e. The van der Waals surface area contributed by atoms with Gasteiger partial charge in [-0.25, -0.2) is 8.42 Å². The zero-order valence-corrected chi connectivity index (χ0v) is 10.9. The molecule has 0 aliphatic rings. The quantitative estimate of drug-likeness (QED) is 0.809. The average Bonchev–Trinajstić information content (AvgIpc) is 2.89. The van der Waals surface area contributed by atoms with Crippen molar-refractivity contribution in [2.24, 2.45) is 0 Å². The van der Waals surface area contributed by atoms with Crippen LogP contribution in [0.3, 0.4) is 0 Å². The summed E-state index contributed by atoms with van der Waals surface area (Å²) in [6.07, 6.45) is 1.40. The molecule has 90 valence electrons. The number of nitriles is 1. The molecule has 0 aliphatic heterocycles. The summed E-state index contributed by atoms with van der Waals surface area (Å²) >= 11 is 1.39. The molecule has 1 heterocycles. The van der Waals surface area contributed by atoms with Gasteiger partial charge in [-0.05, 0) is 29.7 Å². The Balaban J connectivity index is 2.50. The molecular weight excluding hydrogens is 266 g/mol. The first kappa shape index (κ1) is 12.6. The van der Waals surface area contributed by atoms with Crippen LogP contribution in [0.25, 0.3) is 6.08 Å². The van der Waals surface area contributed by atoms with Crippen LogP contribution in [-0.4, -0.2) is 8.42 Å². The third-order valence-electron chi connectivity index (χ3n) is 2.27. The van der Waals surface area contributed by atoms with E-state index >= 15 is 0 Å². The maximum Gasteiger partial charge on any atom is 0.216 e. The second-order valence-corrected chi connectivity index (χ2v) is 6.35. The van der Waals surface area contributed by atoms with Crippen molar-refractivity contribution in [1.29, 1.82) is 5.26 Å². The topological polar surface area (TPSA) is 57.9 Å². The minimum absolute atomic E-state index is 0.134. The van der Waals surface area contributed by atoms with Crippen molar-refractivity contribution < 1.29 is 8.42 Å².